The van der Waals surface area contributed by atoms with E-state index in [1.165, 1.54) is 6.92 Å². The molecule has 0 aromatic carbocycles. The molecular weight excluding hydrogens is 260 g/mol. The first-order valence-electron chi connectivity index (χ1n) is 5.94. The average molecular weight is 280 g/mol. The second kappa shape index (κ2) is 6.46. The highest BCUT2D eigenvalue weighted by Gasteiger charge is 2.30. The Balaban J connectivity index is 2.54. The summed E-state index contributed by atoms with van der Waals surface area (Å²) in [6.45, 7) is 5.29. The third-order valence-electron chi connectivity index (χ3n) is 3.20. The number of hydrogen-bond donors (Lipinski definition) is 1. The number of carbonyl (C=O) groups excluding carboxylic acids is 1. The minimum Gasteiger partial charge on any atom is -0.748 e. The Bertz CT molecular complexity index is 376. The third kappa shape index (κ3) is 5.76. The van der Waals surface area contributed by atoms with E-state index in [2.05, 4.69) is 5.32 Å². The van der Waals surface area contributed by atoms with Crippen LogP contribution in [0.4, 0.5) is 0 Å². The zero-order chi connectivity index (χ0) is 13.6. The van der Waals surface area contributed by atoms with Crippen LogP contribution < -0.4 is 5.32 Å². The third-order valence-corrected chi connectivity index (χ3v) is 3.88. The fourth-order valence-corrected chi connectivity index (χ4v) is 2.67. The number of morpholine rings is 1. The van der Waals surface area contributed by atoms with E-state index in [1.54, 1.807) is 0 Å². The van der Waals surface area contributed by atoms with Gasteiger partial charge in [-0.3, -0.25) is 4.79 Å². The Hall–Kier alpha value is -0.700. The van der Waals surface area contributed by atoms with E-state index in [-0.39, 0.29) is 18.2 Å². The molecule has 1 fully saturated rings. The molecule has 0 spiro atoms. The zero-order valence-corrected chi connectivity index (χ0v) is 11.4. The Labute approximate surface area is 107 Å². The molecule has 8 heteroatoms. The first-order valence-corrected chi connectivity index (χ1v) is 7.52. The number of quaternary nitrogens is 1. The summed E-state index contributed by atoms with van der Waals surface area (Å²) in [4.78, 5) is 10.8. The van der Waals surface area contributed by atoms with Gasteiger partial charge in [0.2, 0.25) is 5.91 Å². The summed E-state index contributed by atoms with van der Waals surface area (Å²) in [7, 11) is -4.20. The number of ether oxygens (including phenoxy) is 1. The second-order valence-corrected chi connectivity index (χ2v) is 6.12. The van der Waals surface area contributed by atoms with Gasteiger partial charge in [0.1, 0.15) is 23.2 Å². The molecule has 1 aliphatic heterocycles. The lowest BCUT2D eigenvalue weighted by molar-refractivity contribution is -0.931. The van der Waals surface area contributed by atoms with Gasteiger partial charge in [0.25, 0.3) is 0 Å². The quantitative estimate of drug-likeness (QED) is 0.472. The molecule has 0 unspecified atom stereocenters. The minimum absolute atomic E-state index is 0.113. The summed E-state index contributed by atoms with van der Waals surface area (Å²) >= 11 is 0. The molecule has 0 radical (unpaired) electrons. The van der Waals surface area contributed by atoms with Gasteiger partial charge in [0, 0.05) is 6.92 Å². The van der Waals surface area contributed by atoms with Crippen LogP contribution >= 0.6 is 0 Å². The molecular formula is C10H20N2O5S. The van der Waals surface area contributed by atoms with E-state index >= 15 is 0 Å². The van der Waals surface area contributed by atoms with E-state index in [9.17, 15) is 17.8 Å². The van der Waals surface area contributed by atoms with Gasteiger partial charge in [0.15, 0.2) is 0 Å². The van der Waals surface area contributed by atoms with Gasteiger partial charge in [0.05, 0.1) is 38.6 Å². The summed E-state index contributed by atoms with van der Waals surface area (Å²) in [6, 6.07) is 0. The van der Waals surface area contributed by atoms with E-state index in [1.807, 2.05) is 0 Å². The van der Waals surface area contributed by atoms with Gasteiger partial charge >= 0.3 is 0 Å². The topological polar surface area (TPSA) is 95.5 Å². The summed E-state index contributed by atoms with van der Waals surface area (Å²) in [6.07, 6.45) is 0. The SMILES string of the molecule is CC(=O)NCC[N+]1(CCS(=O)(=O)[O-])CCOCC1. The lowest BCUT2D eigenvalue weighted by Gasteiger charge is -2.41. The van der Waals surface area contributed by atoms with Crippen LogP contribution in [0.25, 0.3) is 0 Å². The molecule has 0 aromatic rings. The van der Waals surface area contributed by atoms with Gasteiger partial charge in [-0.05, 0) is 0 Å². The molecule has 0 aliphatic carbocycles. The molecule has 1 N–H and O–H groups in total. The molecule has 0 aromatic heterocycles. The highest BCUT2D eigenvalue weighted by molar-refractivity contribution is 7.85. The second-order valence-electron chi connectivity index (χ2n) is 4.59. The zero-order valence-electron chi connectivity index (χ0n) is 10.6. The highest BCUT2D eigenvalue weighted by atomic mass is 32.2. The normalized spacial score (nSPS) is 19.4. The Morgan fingerprint density at radius 2 is 1.94 bits per heavy atom. The van der Waals surface area contributed by atoms with Gasteiger partial charge in [-0.25, -0.2) is 8.42 Å². The summed E-state index contributed by atoms with van der Waals surface area (Å²) < 4.78 is 38.0. The Kier molecular flexibility index (Phi) is 5.51. The van der Waals surface area contributed by atoms with Crippen LogP contribution in [-0.4, -0.2) is 75.1 Å². The van der Waals surface area contributed by atoms with Crippen molar-refractivity contribution in [1.82, 2.24) is 5.32 Å². The molecule has 0 saturated carbocycles. The minimum atomic E-state index is -4.20. The summed E-state index contributed by atoms with van der Waals surface area (Å²) in [5.74, 6) is -0.481. The van der Waals surface area contributed by atoms with E-state index in [0.29, 0.717) is 43.9 Å². The molecule has 7 nitrogen and oxygen atoms in total. The maximum absolute atomic E-state index is 10.8. The smallest absolute Gasteiger partial charge is 0.217 e. The molecule has 18 heavy (non-hydrogen) atoms. The van der Waals surface area contributed by atoms with E-state index in [4.69, 9.17) is 4.74 Å². The molecule has 1 heterocycles. The van der Waals surface area contributed by atoms with Crippen molar-refractivity contribution in [3.63, 3.8) is 0 Å². The number of rotatable bonds is 6. The van der Waals surface area contributed by atoms with E-state index < -0.39 is 10.1 Å². The van der Waals surface area contributed by atoms with Crippen LogP contribution in [0.3, 0.4) is 0 Å². The highest BCUT2D eigenvalue weighted by Crippen LogP contribution is 2.11. The fourth-order valence-electron chi connectivity index (χ4n) is 2.06. The van der Waals surface area contributed by atoms with E-state index in [0.717, 1.165) is 0 Å². The molecule has 1 amide bonds. The lowest BCUT2D eigenvalue weighted by atomic mass is 10.3. The van der Waals surface area contributed by atoms with Crippen LogP contribution in [-0.2, 0) is 19.6 Å². The monoisotopic (exact) mass is 280 g/mol. The van der Waals surface area contributed by atoms with Crippen molar-refractivity contribution in [3.05, 3.63) is 0 Å². The van der Waals surface area contributed by atoms with Crippen molar-refractivity contribution in [2.24, 2.45) is 0 Å². The first kappa shape index (κ1) is 15.4. The van der Waals surface area contributed by atoms with Crippen molar-refractivity contribution < 1.29 is 27.0 Å². The Morgan fingerprint density at radius 3 is 2.44 bits per heavy atom. The van der Waals surface area contributed by atoms with Crippen LogP contribution in [0.1, 0.15) is 6.92 Å². The molecule has 1 rings (SSSR count). The van der Waals surface area contributed by atoms with Crippen molar-refractivity contribution >= 4 is 16.0 Å². The maximum Gasteiger partial charge on any atom is 0.217 e. The molecule has 1 aliphatic rings. The number of amides is 1. The predicted octanol–water partition coefficient (Wildman–Crippen LogP) is -1.49. The fraction of sp³-hybridized carbons (Fsp3) is 0.900. The lowest BCUT2D eigenvalue weighted by Crippen LogP contribution is -2.59. The van der Waals surface area contributed by atoms with Crippen molar-refractivity contribution in [3.8, 4) is 0 Å². The van der Waals surface area contributed by atoms with Crippen LogP contribution in [0.15, 0.2) is 0 Å². The maximum atomic E-state index is 10.8. The van der Waals surface area contributed by atoms with Gasteiger partial charge in [-0.15, -0.1) is 0 Å². The predicted molar refractivity (Wildman–Crippen MR) is 63.8 cm³/mol. The molecule has 1 saturated heterocycles. The van der Waals surface area contributed by atoms with Crippen LogP contribution in [0.2, 0.25) is 0 Å². The number of nitrogens with one attached hydrogen (secondary N) is 1. The standard InChI is InChI=1S/C10H20N2O5S/c1-10(13)11-2-3-12(4-7-17-8-5-12)6-9-18(14,15)16/h2-9H2,1H3,(H-,11,13,14,15,16). The summed E-state index contributed by atoms with van der Waals surface area (Å²) in [5.41, 5.74) is 0. The summed E-state index contributed by atoms with van der Waals surface area (Å²) in [5, 5.41) is 2.69. The number of hydrogen-bond acceptors (Lipinski definition) is 5. The molecule has 106 valence electrons. The largest absolute Gasteiger partial charge is 0.748 e. The van der Waals surface area contributed by atoms with Crippen molar-refractivity contribution in [2.75, 3.05) is 51.7 Å². The average Bonchev–Trinajstić information content (AvgIpc) is 2.27. The van der Waals surface area contributed by atoms with Crippen LogP contribution in [0, 0.1) is 0 Å². The molecule has 0 bridgehead atoms. The van der Waals surface area contributed by atoms with Gasteiger partial charge in [-0.2, -0.15) is 0 Å². The number of carbonyl (C=O) groups is 1. The molecule has 0 atom stereocenters. The number of nitrogens with zero attached hydrogens (tertiary/aromatic N) is 1. The van der Waals surface area contributed by atoms with Crippen molar-refractivity contribution in [2.45, 2.75) is 6.92 Å². The van der Waals surface area contributed by atoms with Gasteiger partial charge in [-0.1, -0.05) is 0 Å². The van der Waals surface area contributed by atoms with Crippen LogP contribution in [0.5, 0.6) is 0 Å². The Morgan fingerprint density at radius 1 is 1.33 bits per heavy atom. The first-order chi connectivity index (χ1) is 8.33. The van der Waals surface area contributed by atoms with Gasteiger partial charge < -0.3 is 19.1 Å². The van der Waals surface area contributed by atoms with Crippen molar-refractivity contribution in [1.29, 1.82) is 0 Å².